The maximum absolute atomic E-state index is 9.99. The summed E-state index contributed by atoms with van der Waals surface area (Å²) in [5.74, 6) is -2.20. The fourth-order valence-corrected chi connectivity index (χ4v) is 4.12. The Labute approximate surface area is 216 Å². The highest BCUT2D eigenvalue weighted by atomic mass is 16.4. The number of aliphatic carboxylic acids is 2. The van der Waals surface area contributed by atoms with Crippen molar-refractivity contribution in [1.82, 2.24) is 0 Å². The quantitative estimate of drug-likeness (QED) is 0.0895. The van der Waals surface area contributed by atoms with E-state index in [0.29, 0.717) is 6.61 Å². The maximum atomic E-state index is 9.99. The van der Waals surface area contributed by atoms with Crippen LogP contribution in [0.1, 0.15) is 161 Å². The van der Waals surface area contributed by atoms with E-state index in [-0.39, 0.29) is 12.8 Å². The van der Waals surface area contributed by atoms with Crippen LogP contribution in [-0.4, -0.2) is 39.9 Å². The summed E-state index contributed by atoms with van der Waals surface area (Å²) in [6.45, 7) is 2.67. The molecule has 0 aromatic rings. The molecule has 0 aliphatic heterocycles. The molecule has 35 heavy (non-hydrogen) atoms. The van der Waals surface area contributed by atoms with Gasteiger partial charge in [0, 0.05) is 13.0 Å². The third-order valence-electron chi connectivity index (χ3n) is 6.50. The molecule has 0 bridgehead atoms. The molecule has 0 aromatic carbocycles. The van der Waals surface area contributed by atoms with Gasteiger partial charge in [0.2, 0.25) is 0 Å². The molecule has 0 aliphatic carbocycles. The lowest BCUT2D eigenvalue weighted by atomic mass is 10.0. The molecule has 6 heteroatoms. The van der Waals surface area contributed by atoms with Crippen molar-refractivity contribution in [2.75, 3.05) is 6.61 Å². The Morgan fingerprint density at radius 2 is 0.857 bits per heavy atom. The van der Waals surface area contributed by atoms with Crippen molar-refractivity contribution >= 4 is 11.9 Å². The summed E-state index contributed by atoms with van der Waals surface area (Å²) >= 11 is 0. The first-order valence-electron chi connectivity index (χ1n) is 14.8. The molecule has 0 radical (unpaired) electrons. The fraction of sp³-hybridized carbons (Fsp3) is 0.931. The normalized spacial score (nSPS) is 11.6. The van der Waals surface area contributed by atoms with E-state index in [0.717, 1.165) is 6.42 Å². The van der Waals surface area contributed by atoms with Gasteiger partial charge >= 0.3 is 11.9 Å². The van der Waals surface area contributed by atoms with E-state index in [9.17, 15) is 9.59 Å². The van der Waals surface area contributed by atoms with Crippen LogP contribution in [0.25, 0.3) is 0 Å². The molecule has 5 N–H and O–H groups in total. The molecule has 0 rings (SSSR count). The van der Waals surface area contributed by atoms with E-state index >= 15 is 0 Å². The number of hydrogen-bond donors (Lipinski definition) is 4. The zero-order chi connectivity index (χ0) is 26.4. The van der Waals surface area contributed by atoms with Crippen molar-refractivity contribution in [2.24, 2.45) is 5.73 Å². The fourth-order valence-electron chi connectivity index (χ4n) is 4.12. The minimum Gasteiger partial charge on any atom is -0.481 e. The number of hydrogen-bond acceptors (Lipinski definition) is 4. The molecule has 0 aliphatic rings. The highest BCUT2D eigenvalue weighted by Gasteiger charge is 2.12. The van der Waals surface area contributed by atoms with Crippen molar-refractivity contribution in [1.29, 1.82) is 0 Å². The lowest BCUT2D eigenvalue weighted by Crippen LogP contribution is -2.30. The molecule has 0 fully saturated rings. The number of nitrogens with two attached hydrogens (primary N) is 1. The number of aliphatic hydroxyl groups is 1. The summed E-state index contributed by atoms with van der Waals surface area (Å²) in [5, 5.41) is 25.0. The summed E-state index contributed by atoms with van der Waals surface area (Å²) in [5.41, 5.74) is 5.00. The lowest BCUT2D eigenvalue weighted by molar-refractivity contribution is -0.139. The highest BCUT2D eigenvalue weighted by Crippen LogP contribution is 2.15. The second kappa shape index (κ2) is 30.9. The topological polar surface area (TPSA) is 121 Å². The van der Waals surface area contributed by atoms with Gasteiger partial charge in [0.05, 0.1) is 0 Å². The molecule has 6 nitrogen and oxygen atoms in total. The first kappa shape index (κ1) is 36.0. The molecule has 210 valence electrons. The average molecular weight is 502 g/mol. The summed E-state index contributed by atoms with van der Waals surface area (Å²) in [4.78, 5) is 19.9. The third kappa shape index (κ3) is 35.1. The molecule has 0 saturated carbocycles. The first-order valence-corrected chi connectivity index (χ1v) is 14.8. The van der Waals surface area contributed by atoms with Crippen molar-refractivity contribution < 1.29 is 24.9 Å². The Balaban J connectivity index is 0. The second-order valence-electron chi connectivity index (χ2n) is 10.0. The first-order chi connectivity index (χ1) is 17.0. The molecule has 0 saturated heterocycles. The van der Waals surface area contributed by atoms with Crippen LogP contribution in [0.2, 0.25) is 0 Å². The molecular weight excluding hydrogens is 442 g/mol. The second-order valence-corrected chi connectivity index (χ2v) is 10.0. The molecule has 0 heterocycles. The number of carboxylic acid groups (broad SMARTS) is 2. The summed E-state index contributed by atoms with van der Waals surface area (Å²) in [6.07, 6.45) is 30.9. The minimum atomic E-state index is -1.17. The number of rotatable bonds is 26. The minimum absolute atomic E-state index is 0.0231. The molecule has 0 aromatic heterocycles. The lowest BCUT2D eigenvalue weighted by Gasteiger charge is -2.04. The predicted molar refractivity (Wildman–Crippen MR) is 147 cm³/mol. The van der Waals surface area contributed by atoms with Crippen molar-refractivity contribution in [3.8, 4) is 0 Å². The number of carboxylic acids is 2. The van der Waals surface area contributed by atoms with Gasteiger partial charge in [0.1, 0.15) is 6.04 Å². The van der Waals surface area contributed by atoms with Gasteiger partial charge in [0.15, 0.2) is 0 Å². The predicted octanol–water partition coefficient (Wildman–Crippen LogP) is 7.84. The van der Waals surface area contributed by atoms with E-state index in [1.165, 1.54) is 135 Å². The number of aliphatic hydroxyl groups excluding tert-OH is 1. The highest BCUT2D eigenvalue weighted by molar-refractivity contribution is 5.74. The van der Waals surface area contributed by atoms with E-state index in [1.54, 1.807) is 0 Å². The van der Waals surface area contributed by atoms with Crippen LogP contribution >= 0.6 is 0 Å². The molecule has 1 atom stereocenters. The zero-order valence-corrected chi connectivity index (χ0v) is 23.0. The van der Waals surface area contributed by atoms with E-state index in [1.807, 2.05) is 0 Å². The van der Waals surface area contributed by atoms with Gasteiger partial charge in [-0.3, -0.25) is 9.59 Å². The van der Waals surface area contributed by atoms with E-state index in [2.05, 4.69) is 6.92 Å². The Morgan fingerprint density at radius 1 is 0.571 bits per heavy atom. The summed E-state index contributed by atoms with van der Waals surface area (Å²) in [7, 11) is 0. The van der Waals surface area contributed by atoms with Crippen LogP contribution in [0.4, 0.5) is 0 Å². The molecule has 0 amide bonds. The van der Waals surface area contributed by atoms with Gasteiger partial charge < -0.3 is 21.1 Å². The summed E-state index contributed by atoms with van der Waals surface area (Å²) in [6, 6.07) is -1.06. The monoisotopic (exact) mass is 501 g/mol. The largest absolute Gasteiger partial charge is 0.481 e. The third-order valence-corrected chi connectivity index (χ3v) is 6.50. The van der Waals surface area contributed by atoms with Crippen LogP contribution < -0.4 is 5.73 Å². The Hall–Kier alpha value is -1.14. The Kier molecular flexibility index (Phi) is 31.8. The van der Waals surface area contributed by atoms with Crippen LogP contribution in [0, 0.1) is 0 Å². The van der Waals surface area contributed by atoms with Gasteiger partial charge in [-0.2, -0.15) is 0 Å². The average Bonchev–Trinajstić information content (AvgIpc) is 2.83. The standard InChI is InChI=1S/C24H50O.C5H9NO4/c1-2-3-4-5-6-7-8-9-10-11-12-13-14-15-16-17-18-19-20-21-22-23-24-25;6-3(5(9)10)1-2-4(7)8/h25H,2-24H2,1H3;3H,1-2,6H2,(H,7,8)(H,9,10)/t;3-/m.0/s1. The van der Waals surface area contributed by atoms with Crippen LogP contribution in [-0.2, 0) is 9.59 Å². The van der Waals surface area contributed by atoms with Crippen molar-refractivity contribution in [3.63, 3.8) is 0 Å². The Morgan fingerprint density at radius 3 is 1.09 bits per heavy atom. The smallest absolute Gasteiger partial charge is 0.320 e. The zero-order valence-electron chi connectivity index (χ0n) is 23.0. The van der Waals surface area contributed by atoms with Crippen LogP contribution in [0.5, 0.6) is 0 Å². The van der Waals surface area contributed by atoms with Crippen molar-refractivity contribution in [3.05, 3.63) is 0 Å². The van der Waals surface area contributed by atoms with Crippen LogP contribution in [0.15, 0.2) is 0 Å². The molecule has 0 unspecified atom stereocenters. The van der Waals surface area contributed by atoms with Gasteiger partial charge in [-0.1, -0.05) is 142 Å². The summed E-state index contributed by atoms with van der Waals surface area (Å²) < 4.78 is 0. The maximum Gasteiger partial charge on any atom is 0.320 e. The van der Waals surface area contributed by atoms with Gasteiger partial charge in [-0.05, 0) is 12.8 Å². The van der Waals surface area contributed by atoms with Crippen LogP contribution in [0.3, 0.4) is 0 Å². The van der Waals surface area contributed by atoms with E-state index < -0.39 is 18.0 Å². The number of unbranched alkanes of at least 4 members (excludes halogenated alkanes) is 21. The SMILES string of the molecule is CCCCCCCCCCCCCCCCCCCCCCCCO.N[C@@H](CCC(=O)O)C(=O)O. The van der Waals surface area contributed by atoms with E-state index in [4.69, 9.17) is 21.1 Å². The van der Waals surface area contributed by atoms with Gasteiger partial charge in [-0.15, -0.1) is 0 Å². The molecule has 0 spiro atoms. The molecular formula is C29H59NO5. The van der Waals surface area contributed by atoms with Gasteiger partial charge in [-0.25, -0.2) is 0 Å². The Bertz CT molecular complexity index is 423. The van der Waals surface area contributed by atoms with Crippen molar-refractivity contribution in [2.45, 2.75) is 167 Å². The number of carbonyl (C=O) groups is 2. The van der Waals surface area contributed by atoms with Gasteiger partial charge in [0.25, 0.3) is 0 Å².